The highest BCUT2D eigenvalue weighted by Gasteiger charge is 2.19. The normalized spacial score (nSPS) is 11.4. The van der Waals surface area contributed by atoms with E-state index in [0.29, 0.717) is 11.5 Å². The van der Waals surface area contributed by atoms with Crippen molar-refractivity contribution in [1.29, 1.82) is 0 Å². The molecule has 96 valence electrons. The smallest absolute Gasteiger partial charge is 0.330 e. The summed E-state index contributed by atoms with van der Waals surface area (Å²) in [5.41, 5.74) is 6.15. The van der Waals surface area contributed by atoms with E-state index in [0.717, 1.165) is 0 Å². The Morgan fingerprint density at radius 3 is 2.89 bits per heavy atom. The Hall–Kier alpha value is -2.25. The van der Waals surface area contributed by atoms with Crippen molar-refractivity contribution in [2.75, 3.05) is 24.7 Å². The van der Waals surface area contributed by atoms with Gasteiger partial charge in [0.15, 0.2) is 5.81 Å². The molecule has 0 aliphatic rings. The number of carbonyl (C=O) groups excluding carboxylic acids is 2. The highest BCUT2D eigenvalue weighted by atomic mass is 16.5. The maximum Gasteiger partial charge on any atom is 0.330 e. The molecule has 1 aromatic heterocycles. The first-order chi connectivity index (χ1) is 8.54. The van der Waals surface area contributed by atoms with Gasteiger partial charge in [0.25, 0.3) is 0 Å². The third-order valence-corrected chi connectivity index (χ3v) is 2.18. The number of hydrogen-bond donors (Lipinski definition) is 3. The fourth-order valence-electron chi connectivity index (χ4n) is 1.35. The van der Waals surface area contributed by atoms with E-state index in [9.17, 15) is 9.59 Å². The van der Waals surface area contributed by atoms with Gasteiger partial charge >= 0.3 is 5.97 Å². The lowest BCUT2D eigenvalue weighted by Crippen LogP contribution is -2.45. The Balaban J connectivity index is 2.64. The molecule has 0 aromatic carbocycles. The first-order valence-corrected chi connectivity index (χ1v) is 5.34. The number of esters is 1. The third kappa shape index (κ3) is 3.97. The van der Waals surface area contributed by atoms with Crippen LogP contribution in [0.5, 0.6) is 0 Å². The number of anilines is 2. The van der Waals surface area contributed by atoms with Gasteiger partial charge in [-0.2, -0.15) is 0 Å². The minimum Gasteiger partial charge on any atom is -0.467 e. The molecular formula is C10H15BN4O3. The van der Waals surface area contributed by atoms with Crippen molar-refractivity contribution >= 4 is 31.1 Å². The third-order valence-electron chi connectivity index (χ3n) is 2.18. The number of nitrogens with one attached hydrogen (secondary N) is 2. The summed E-state index contributed by atoms with van der Waals surface area (Å²) in [6, 6.07) is 2.60. The van der Waals surface area contributed by atoms with Crippen molar-refractivity contribution in [3.8, 4) is 0 Å². The molecule has 18 heavy (non-hydrogen) atoms. The van der Waals surface area contributed by atoms with Crippen molar-refractivity contribution in [3.05, 3.63) is 18.3 Å². The summed E-state index contributed by atoms with van der Waals surface area (Å²) in [5.74, 6) is -0.398. The maximum atomic E-state index is 11.4. The molecule has 1 atom stereocenters. The summed E-state index contributed by atoms with van der Waals surface area (Å²) in [6.07, 6.45) is 1.57. The average Bonchev–Trinajstić information content (AvgIpc) is 2.34. The van der Waals surface area contributed by atoms with E-state index < -0.39 is 12.0 Å². The van der Waals surface area contributed by atoms with Crippen molar-refractivity contribution in [2.24, 2.45) is 0 Å². The molecule has 0 bridgehead atoms. The van der Waals surface area contributed by atoms with Gasteiger partial charge in [-0.05, 0) is 12.1 Å². The summed E-state index contributed by atoms with van der Waals surface area (Å²) in [6.45, 7) is 0.146. The van der Waals surface area contributed by atoms with Gasteiger partial charge in [-0.25, -0.2) is 9.78 Å². The van der Waals surface area contributed by atoms with Crippen molar-refractivity contribution < 1.29 is 14.3 Å². The van der Waals surface area contributed by atoms with Crippen LogP contribution in [-0.2, 0) is 9.53 Å². The highest BCUT2D eigenvalue weighted by Crippen LogP contribution is 2.12. The summed E-state index contributed by atoms with van der Waals surface area (Å²) in [4.78, 5) is 26.4. The Morgan fingerprint density at radius 1 is 1.61 bits per heavy atom. The molecule has 1 heterocycles. The van der Waals surface area contributed by atoms with Crippen LogP contribution >= 0.6 is 0 Å². The summed E-state index contributed by atoms with van der Waals surface area (Å²) >= 11 is 0. The number of rotatable bonds is 5. The standard InChI is InChI=1S/C10H15BN4O3/c1-18-9(16)7(15-10(11)17)5-14-8-6(12)3-2-4-13-8/h2-4,7H,5,11-12H2,1H3,(H,13,14)(H,15,17)/t7-/m0/s1. The molecule has 1 amide bonds. The summed E-state index contributed by atoms with van der Waals surface area (Å²) in [7, 11) is 2.58. The number of nitrogens with zero attached hydrogens (tertiary/aromatic N) is 1. The Bertz CT molecular complexity index is 441. The second kappa shape index (κ2) is 6.48. The second-order valence-corrected chi connectivity index (χ2v) is 3.60. The van der Waals surface area contributed by atoms with Crippen LogP contribution in [0.2, 0.25) is 0 Å². The van der Waals surface area contributed by atoms with Gasteiger partial charge in [0, 0.05) is 12.7 Å². The van der Waals surface area contributed by atoms with Crippen molar-refractivity contribution in [1.82, 2.24) is 10.3 Å². The SMILES string of the molecule is BC(=O)N[C@@H](CNc1ncccc1N)C(=O)OC. The molecule has 0 saturated heterocycles. The van der Waals surface area contributed by atoms with Gasteiger partial charge in [0.1, 0.15) is 11.9 Å². The van der Waals surface area contributed by atoms with Gasteiger partial charge in [-0.1, -0.05) is 0 Å². The zero-order valence-corrected chi connectivity index (χ0v) is 10.3. The number of methoxy groups -OCH3 is 1. The van der Waals surface area contributed by atoms with Crippen LogP contribution in [0.15, 0.2) is 18.3 Å². The molecule has 0 unspecified atom stereocenters. The number of nitrogens with two attached hydrogens (primary N) is 1. The molecule has 0 saturated carbocycles. The van der Waals surface area contributed by atoms with Gasteiger partial charge in [-0.3, -0.25) is 4.79 Å². The van der Waals surface area contributed by atoms with E-state index in [-0.39, 0.29) is 12.4 Å². The molecule has 0 aliphatic carbocycles. The van der Waals surface area contributed by atoms with Crippen LogP contribution in [0.1, 0.15) is 0 Å². The molecule has 7 nitrogen and oxygen atoms in total. The Morgan fingerprint density at radius 2 is 2.33 bits per heavy atom. The molecule has 4 N–H and O–H groups in total. The molecule has 8 heteroatoms. The lowest BCUT2D eigenvalue weighted by Gasteiger charge is -2.17. The molecule has 0 radical (unpaired) electrons. The van der Waals surface area contributed by atoms with Gasteiger partial charge in [0.05, 0.1) is 12.8 Å². The predicted octanol–water partition coefficient (Wildman–Crippen LogP) is -1.04. The fourth-order valence-corrected chi connectivity index (χ4v) is 1.35. The molecule has 1 rings (SSSR count). The second-order valence-electron chi connectivity index (χ2n) is 3.60. The van der Waals surface area contributed by atoms with Crippen LogP contribution in [-0.4, -0.2) is 44.3 Å². The van der Waals surface area contributed by atoms with Crippen LogP contribution in [0.3, 0.4) is 0 Å². The molecule has 0 aliphatic heterocycles. The van der Waals surface area contributed by atoms with Gasteiger partial charge < -0.3 is 21.1 Å². The van der Waals surface area contributed by atoms with Crippen LogP contribution in [0.25, 0.3) is 0 Å². The summed E-state index contributed by atoms with van der Waals surface area (Å²) in [5, 5.41) is 5.36. The van der Waals surface area contributed by atoms with Crippen LogP contribution in [0, 0.1) is 0 Å². The topological polar surface area (TPSA) is 106 Å². The lowest BCUT2D eigenvalue weighted by molar-refractivity contribution is -0.142. The Kier molecular flexibility index (Phi) is 4.98. The zero-order valence-electron chi connectivity index (χ0n) is 10.3. The number of hydrogen-bond acceptors (Lipinski definition) is 6. The minimum atomic E-state index is -0.783. The first-order valence-electron chi connectivity index (χ1n) is 5.34. The van der Waals surface area contributed by atoms with E-state index in [1.54, 1.807) is 18.3 Å². The quantitative estimate of drug-likeness (QED) is 0.455. The average molecular weight is 250 g/mol. The molecular weight excluding hydrogens is 235 g/mol. The van der Waals surface area contributed by atoms with E-state index in [1.807, 2.05) is 0 Å². The van der Waals surface area contributed by atoms with Gasteiger partial charge in [0.2, 0.25) is 7.85 Å². The van der Waals surface area contributed by atoms with E-state index in [4.69, 9.17) is 5.73 Å². The largest absolute Gasteiger partial charge is 0.467 e. The number of aromatic nitrogens is 1. The molecule has 1 aromatic rings. The number of ether oxygens (including phenoxy) is 1. The summed E-state index contributed by atoms with van der Waals surface area (Å²) < 4.78 is 4.59. The number of pyridine rings is 1. The monoisotopic (exact) mass is 250 g/mol. The number of carbonyl (C=O) groups is 2. The first kappa shape index (κ1) is 13.8. The number of nitrogen functional groups attached to an aromatic ring is 1. The van der Waals surface area contributed by atoms with E-state index >= 15 is 0 Å². The highest BCUT2D eigenvalue weighted by molar-refractivity contribution is 6.57. The molecule has 0 spiro atoms. The lowest BCUT2D eigenvalue weighted by atomic mass is 10.1. The minimum absolute atomic E-state index is 0.146. The van der Waals surface area contributed by atoms with Crippen LogP contribution < -0.4 is 16.4 Å². The predicted molar refractivity (Wildman–Crippen MR) is 70.0 cm³/mol. The van der Waals surface area contributed by atoms with Crippen LogP contribution in [0.4, 0.5) is 16.3 Å². The maximum absolute atomic E-state index is 11.4. The Labute approximate surface area is 106 Å². The van der Waals surface area contributed by atoms with Crippen molar-refractivity contribution in [2.45, 2.75) is 6.04 Å². The van der Waals surface area contributed by atoms with Gasteiger partial charge in [-0.15, -0.1) is 0 Å². The number of amides is 1. The van der Waals surface area contributed by atoms with E-state index in [2.05, 4.69) is 20.4 Å². The van der Waals surface area contributed by atoms with E-state index in [1.165, 1.54) is 15.0 Å². The van der Waals surface area contributed by atoms with Crippen molar-refractivity contribution in [3.63, 3.8) is 0 Å². The zero-order chi connectivity index (χ0) is 13.5. The fraction of sp³-hybridized carbons (Fsp3) is 0.300. The molecule has 0 fully saturated rings.